The second-order valence-electron chi connectivity index (χ2n) is 7.44. The lowest BCUT2D eigenvalue weighted by molar-refractivity contribution is 0.324. The molecule has 0 radical (unpaired) electrons. The van der Waals surface area contributed by atoms with Crippen LogP contribution < -0.4 is 5.73 Å². The molecule has 2 N–H and O–H groups in total. The molecular formula is C23H33N. The predicted molar refractivity (Wildman–Crippen MR) is 108 cm³/mol. The van der Waals surface area contributed by atoms with E-state index in [1.807, 2.05) is 6.92 Å². The van der Waals surface area contributed by atoms with Crippen molar-refractivity contribution in [1.82, 2.24) is 0 Å². The molecule has 1 aliphatic rings. The highest BCUT2D eigenvalue weighted by molar-refractivity contribution is 5.79. The first kappa shape index (κ1) is 18.7. The molecule has 0 saturated heterocycles. The van der Waals surface area contributed by atoms with Gasteiger partial charge in [-0.2, -0.15) is 0 Å². The van der Waals surface area contributed by atoms with Gasteiger partial charge in [0.15, 0.2) is 0 Å². The fourth-order valence-electron chi connectivity index (χ4n) is 3.96. The van der Waals surface area contributed by atoms with Gasteiger partial charge in [0.2, 0.25) is 0 Å². The summed E-state index contributed by atoms with van der Waals surface area (Å²) >= 11 is 0. The third-order valence-electron chi connectivity index (χ3n) is 5.80. The predicted octanol–water partition coefficient (Wildman–Crippen LogP) is 6.37. The van der Waals surface area contributed by atoms with Gasteiger partial charge in [0, 0.05) is 0 Å². The Labute approximate surface area is 148 Å². The van der Waals surface area contributed by atoms with Gasteiger partial charge in [0.25, 0.3) is 0 Å². The molecule has 2 rings (SSSR count). The summed E-state index contributed by atoms with van der Waals surface area (Å²) in [5.41, 5.74) is 13.1. The monoisotopic (exact) mass is 323 g/mol. The van der Waals surface area contributed by atoms with Crippen LogP contribution in [0.5, 0.6) is 0 Å². The molecule has 1 aliphatic carbocycles. The minimum absolute atomic E-state index is 0.169. The van der Waals surface area contributed by atoms with Gasteiger partial charge >= 0.3 is 0 Å². The summed E-state index contributed by atoms with van der Waals surface area (Å²) in [6.45, 7) is 15.1. The Morgan fingerprint density at radius 1 is 1.17 bits per heavy atom. The Morgan fingerprint density at radius 3 is 2.25 bits per heavy atom. The molecule has 1 aromatic carbocycles. The van der Waals surface area contributed by atoms with Crippen LogP contribution in [0.25, 0.3) is 11.1 Å². The minimum Gasteiger partial charge on any atom is -0.318 e. The number of hydrogen-bond acceptors (Lipinski definition) is 1. The average Bonchev–Trinajstić information content (AvgIpc) is 2.59. The highest BCUT2D eigenvalue weighted by Crippen LogP contribution is 2.51. The van der Waals surface area contributed by atoms with Crippen LogP contribution in [-0.4, -0.2) is 5.54 Å². The van der Waals surface area contributed by atoms with Crippen LogP contribution >= 0.6 is 0 Å². The maximum absolute atomic E-state index is 7.06. The quantitative estimate of drug-likeness (QED) is 0.626. The average molecular weight is 324 g/mol. The van der Waals surface area contributed by atoms with E-state index in [1.165, 1.54) is 22.3 Å². The van der Waals surface area contributed by atoms with Crippen molar-refractivity contribution in [2.45, 2.75) is 65.8 Å². The summed E-state index contributed by atoms with van der Waals surface area (Å²) in [4.78, 5) is 0. The van der Waals surface area contributed by atoms with E-state index < -0.39 is 0 Å². The Balaban J connectivity index is 2.57. The van der Waals surface area contributed by atoms with E-state index in [4.69, 9.17) is 5.73 Å². The Kier molecular flexibility index (Phi) is 5.55. The summed E-state index contributed by atoms with van der Waals surface area (Å²) < 4.78 is 0. The molecule has 2 unspecified atom stereocenters. The highest BCUT2D eigenvalue weighted by Gasteiger charge is 2.44. The van der Waals surface area contributed by atoms with Gasteiger partial charge in [-0.1, -0.05) is 76.3 Å². The first-order valence-corrected chi connectivity index (χ1v) is 9.29. The number of allylic oxidation sites excluding steroid dienone is 3. The second-order valence-corrected chi connectivity index (χ2v) is 7.44. The molecule has 0 amide bonds. The minimum atomic E-state index is -0.371. The maximum atomic E-state index is 7.06. The van der Waals surface area contributed by atoms with E-state index in [0.29, 0.717) is 0 Å². The SMILES string of the molecule is C=C(C)c1ccc(C2=CCC(C)(CC)/C(=C\CC)C2(N)CC)cc1. The van der Waals surface area contributed by atoms with E-state index in [9.17, 15) is 0 Å². The van der Waals surface area contributed by atoms with Crippen LogP contribution in [0, 0.1) is 5.41 Å². The third kappa shape index (κ3) is 3.15. The summed E-state index contributed by atoms with van der Waals surface area (Å²) in [5, 5.41) is 0. The largest absolute Gasteiger partial charge is 0.318 e. The molecule has 2 atom stereocenters. The topological polar surface area (TPSA) is 26.0 Å². The van der Waals surface area contributed by atoms with Crippen molar-refractivity contribution in [1.29, 1.82) is 0 Å². The van der Waals surface area contributed by atoms with Gasteiger partial charge in [0.05, 0.1) is 5.54 Å². The molecule has 0 saturated carbocycles. The molecule has 1 heteroatoms. The Bertz CT molecular complexity index is 662. The zero-order valence-corrected chi connectivity index (χ0v) is 16.1. The molecule has 130 valence electrons. The zero-order valence-electron chi connectivity index (χ0n) is 16.1. The van der Waals surface area contributed by atoms with Crippen molar-refractivity contribution in [3.8, 4) is 0 Å². The highest BCUT2D eigenvalue weighted by atomic mass is 14.8. The summed E-state index contributed by atoms with van der Waals surface area (Å²) in [6, 6.07) is 8.72. The lowest BCUT2D eigenvalue weighted by Gasteiger charge is -2.47. The fraction of sp³-hybridized carbons (Fsp3) is 0.478. The van der Waals surface area contributed by atoms with E-state index in [1.54, 1.807) is 0 Å². The number of nitrogens with two attached hydrogens (primary N) is 1. The van der Waals surface area contributed by atoms with Crippen molar-refractivity contribution in [3.05, 3.63) is 59.7 Å². The second kappa shape index (κ2) is 7.11. The van der Waals surface area contributed by atoms with Gasteiger partial charge in [0.1, 0.15) is 0 Å². The van der Waals surface area contributed by atoms with E-state index in [2.05, 4.69) is 70.7 Å². The van der Waals surface area contributed by atoms with E-state index >= 15 is 0 Å². The summed E-state index contributed by atoms with van der Waals surface area (Å²) in [6.07, 6.45) is 8.90. The molecule has 1 nitrogen and oxygen atoms in total. The molecule has 0 aromatic heterocycles. The van der Waals surface area contributed by atoms with Gasteiger partial charge < -0.3 is 5.73 Å². The first-order chi connectivity index (χ1) is 11.3. The lowest BCUT2D eigenvalue weighted by Crippen LogP contribution is -2.49. The molecule has 0 aliphatic heterocycles. The molecular weight excluding hydrogens is 290 g/mol. The van der Waals surface area contributed by atoms with Crippen molar-refractivity contribution in [2.24, 2.45) is 11.1 Å². The summed E-state index contributed by atoms with van der Waals surface area (Å²) in [5.74, 6) is 0. The Morgan fingerprint density at radius 2 is 1.79 bits per heavy atom. The summed E-state index contributed by atoms with van der Waals surface area (Å²) in [7, 11) is 0. The molecule has 0 fully saturated rings. The number of rotatable bonds is 5. The van der Waals surface area contributed by atoms with Crippen molar-refractivity contribution < 1.29 is 0 Å². The lowest BCUT2D eigenvalue weighted by atomic mass is 9.60. The van der Waals surface area contributed by atoms with Crippen molar-refractivity contribution in [2.75, 3.05) is 0 Å². The van der Waals surface area contributed by atoms with Gasteiger partial charge in [-0.05, 0) is 60.3 Å². The van der Waals surface area contributed by atoms with Crippen LogP contribution in [0.15, 0.2) is 48.6 Å². The van der Waals surface area contributed by atoms with Crippen LogP contribution in [0.2, 0.25) is 0 Å². The Hall–Kier alpha value is -1.60. The van der Waals surface area contributed by atoms with Crippen LogP contribution in [0.4, 0.5) is 0 Å². The van der Waals surface area contributed by atoms with Gasteiger partial charge in [-0.15, -0.1) is 0 Å². The van der Waals surface area contributed by atoms with Crippen molar-refractivity contribution >= 4 is 11.1 Å². The van der Waals surface area contributed by atoms with Crippen LogP contribution in [0.1, 0.15) is 71.4 Å². The smallest absolute Gasteiger partial charge is 0.0630 e. The molecule has 0 heterocycles. The normalized spacial score (nSPS) is 28.8. The van der Waals surface area contributed by atoms with Crippen molar-refractivity contribution in [3.63, 3.8) is 0 Å². The van der Waals surface area contributed by atoms with E-state index in [0.717, 1.165) is 31.3 Å². The molecule has 24 heavy (non-hydrogen) atoms. The van der Waals surface area contributed by atoms with E-state index in [-0.39, 0.29) is 11.0 Å². The third-order valence-corrected chi connectivity index (χ3v) is 5.80. The standard InChI is InChI=1S/C23H33N/c1-7-10-21-22(6,8-2)16-15-20(23(21,24)9-3)19-13-11-18(12-14-19)17(4)5/h10-15H,4,7-9,16,24H2,1-3,5-6H3/b21-10+. The fourth-order valence-corrected chi connectivity index (χ4v) is 3.96. The van der Waals surface area contributed by atoms with Crippen LogP contribution in [0.3, 0.4) is 0 Å². The molecule has 0 bridgehead atoms. The molecule has 1 aromatic rings. The number of benzene rings is 1. The van der Waals surface area contributed by atoms with Crippen LogP contribution in [-0.2, 0) is 0 Å². The first-order valence-electron chi connectivity index (χ1n) is 9.29. The molecule has 0 spiro atoms. The van der Waals surface area contributed by atoms with Gasteiger partial charge in [-0.25, -0.2) is 0 Å². The van der Waals surface area contributed by atoms with Gasteiger partial charge in [-0.3, -0.25) is 0 Å². The maximum Gasteiger partial charge on any atom is 0.0630 e. The zero-order chi connectivity index (χ0) is 18.0. The number of hydrogen-bond donors (Lipinski definition) is 1.